The standard InChI is InChI=1S/C33H54O8.C28H49NO5.C4H4O3/c1-19(7-12-29(39)41-31(2,3)4)23-9-10-24-30-25(17-27(36)33(23,24)6)32(5)14-13-22(15-20(32)16-26(30)35)40-18-21(34)8-11-28(37)38;1-16(7-10-24(32)33-26(2,3)4)19-8-9-20-25-21(15-23(31)28(19,20)6)27(5)12-11-18(34-29)13-17(27)14-22(25)30;5-3-1-2-4(6)7-3/h19-20,22-27,30,35-36H,7-18H2,1-6H3,(H,37,38);16-23,25,30-31H,7-15,29H2,1-6H3;1-2H2/t19-,20+,22+,23-,24?,25+,26-,27+,30+,32+,33-;16-,17+,18+,19-,20?,21+,22-,23+,25+,27+,28-;/m11./s1. The molecule has 468 valence electrons. The van der Waals surface area contributed by atoms with Crippen molar-refractivity contribution in [3.05, 3.63) is 0 Å². The summed E-state index contributed by atoms with van der Waals surface area (Å²) in [6, 6.07) is 0. The lowest BCUT2D eigenvalue weighted by Crippen LogP contribution is -2.62. The molecule has 1 saturated heterocycles. The maximum absolute atomic E-state index is 12.4. The van der Waals surface area contributed by atoms with Crippen LogP contribution in [0.5, 0.6) is 0 Å². The molecule has 17 heteroatoms. The van der Waals surface area contributed by atoms with Crippen molar-refractivity contribution in [2.45, 2.75) is 272 Å². The van der Waals surface area contributed by atoms with E-state index in [4.69, 9.17) is 30.1 Å². The van der Waals surface area contributed by atoms with Crippen molar-refractivity contribution in [1.29, 1.82) is 0 Å². The van der Waals surface area contributed by atoms with Gasteiger partial charge in [0.25, 0.3) is 0 Å². The number of cyclic esters (lactones) is 2. The summed E-state index contributed by atoms with van der Waals surface area (Å²) >= 11 is 0. The number of carboxylic acid groups (broad SMARTS) is 1. The lowest BCUT2D eigenvalue weighted by Gasteiger charge is -2.63. The molecule has 0 aromatic rings. The topological polar surface area (TPSA) is 276 Å². The summed E-state index contributed by atoms with van der Waals surface area (Å²) in [6.45, 7) is 25.0. The molecule has 9 aliphatic rings. The molecular formula is C65H107NO16. The van der Waals surface area contributed by atoms with Crippen molar-refractivity contribution in [1.82, 2.24) is 0 Å². The van der Waals surface area contributed by atoms with Crippen LogP contribution in [0.3, 0.4) is 0 Å². The Morgan fingerprint density at radius 1 is 0.585 bits per heavy atom. The zero-order valence-corrected chi connectivity index (χ0v) is 52.0. The van der Waals surface area contributed by atoms with E-state index in [1.807, 2.05) is 41.5 Å². The predicted molar refractivity (Wildman–Crippen MR) is 305 cm³/mol. The van der Waals surface area contributed by atoms with Crippen LogP contribution in [-0.2, 0) is 52.6 Å². The third-order valence-electron chi connectivity index (χ3n) is 23.5. The van der Waals surface area contributed by atoms with Crippen LogP contribution in [-0.4, -0.2) is 116 Å². The number of aliphatic carboxylic acids is 1. The summed E-state index contributed by atoms with van der Waals surface area (Å²) in [5.41, 5.74) is -1.32. The molecule has 17 nitrogen and oxygen atoms in total. The second kappa shape index (κ2) is 26.1. The number of carboxylic acids is 1. The second-order valence-corrected chi connectivity index (χ2v) is 30.4. The van der Waals surface area contributed by atoms with Gasteiger partial charge in [0.2, 0.25) is 0 Å². The lowest BCUT2D eigenvalue weighted by molar-refractivity contribution is -0.209. The summed E-state index contributed by atoms with van der Waals surface area (Å²) in [6.07, 6.45) is 13.7. The Morgan fingerprint density at radius 3 is 1.38 bits per heavy atom. The summed E-state index contributed by atoms with van der Waals surface area (Å²) in [4.78, 5) is 72.8. The molecule has 2 unspecified atom stereocenters. The van der Waals surface area contributed by atoms with Gasteiger partial charge >= 0.3 is 29.8 Å². The van der Waals surface area contributed by atoms with Gasteiger partial charge in [-0.1, -0.05) is 41.5 Å². The first-order chi connectivity index (χ1) is 38.2. The highest BCUT2D eigenvalue weighted by molar-refractivity contribution is 5.92. The summed E-state index contributed by atoms with van der Waals surface area (Å²) in [5, 5.41) is 55.4. The number of carbonyl (C=O) groups is 6. The van der Waals surface area contributed by atoms with Gasteiger partial charge in [-0.15, -0.1) is 0 Å². The molecule has 0 bridgehead atoms. The van der Waals surface area contributed by atoms with E-state index in [0.29, 0.717) is 61.2 Å². The van der Waals surface area contributed by atoms with Crippen LogP contribution in [0.25, 0.3) is 0 Å². The molecule has 0 spiro atoms. The van der Waals surface area contributed by atoms with Gasteiger partial charge in [0, 0.05) is 19.3 Å². The number of aliphatic hydroxyl groups is 4. The number of hydrogen-bond donors (Lipinski definition) is 6. The van der Waals surface area contributed by atoms with Crippen molar-refractivity contribution in [3.63, 3.8) is 0 Å². The smallest absolute Gasteiger partial charge is 0.314 e. The van der Waals surface area contributed by atoms with Crippen LogP contribution in [0.1, 0.15) is 224 Å². The Kier molecular flexibility index (Phi) is 21.2. The van der Waals surface area contributed by atoms with Gasteiger partial charge in [0.15, 0.2) is 5.78 Å². The molecule has 0 aromatic heterocycles. The largest absolute Gasteiger partial charge is 0.481 e. The molecule has 1 heterocycles. The number of aliphatic hydroxyl groups excluding tert-OH is 4. The van der Waals surface area contributed by atoms with Crippen LogP contribution in [0.15, 0.2) is 0 Å². The number of Topliss-reactive ketones (excluding diaryl/α,β-unsaturated/α-hetero) is 1. The quantitative estimate of drug-likeness (QED) is 0.0385. The first-order valence-corrected chi connectivity index (χ1v) is 31.8. The summed E-state index contributed by atoms with van der Waals surface area (Å²) < 4.78 is 21.1. The van der Waals surface area contributed by atoms with Gasteiger partial charge in [-0.25, -0.2) is 5.90 Å². The highest BCUT2D eigenvalue weighted by Crippen LogP contribution is 2.70. The average Bonchev–Trinajstić information content (AvgIpc) is 2.90. The van der Waals surface area contributed by atoms with Gasteiger partial charge in [-0.05, 0) is 237 Å². The molecule has 0 aromatic carbocycles. The van der Waals surface area contributed by atoms with E-state index < -0.39 is 41.3 Å². The van der Waals surface area contributed by atoms with E-state index >= 15 is 0 Å². The Labute approximate surface area is 489 Å². The number of rotatable bonds is 15. The van der Waals surface area contributed by atoms with Gasteiger partial charge in [-0.3, -0.25) is 28.8 Å². The maximum Gasteiger partial charge on any atom is 0.314 e. The van der Waals surface area contributed by atoms with E-state index in [0.717, 1.165) is 89.9 Å². The van der Waals surface area contributed by atoms with Crippen LogP contribution < -0.4 is 5.90 Å². The number of hydrogen-bond acceptors (Lipinski definition) is 16. The first kappa shape index (κ1) is 66.5. The normalized spacial score (nSPS) is 41.9. The molecule has 22 atom stereocenters. The van der Waals surface area contributed by atoms with Crippen molar-refractivity contribution in [3.8, 4) is 0 Å². The van der Waals surface area contributed by atoms with Crippen molar-refractivity contribution in [2.75, 3.05) is 6.61 Å². The Balaban J connectivity index is 0.000000213. The highest BCUT2D eigenvalue weighted by atomic mass is 16.6. The molecule has 9 fully saturated rings. The molecule has 8 saturated carbocycles. The van der Waals surface area contributed by atoms with E-state index in [1.54, 1.807) is 0 Å². The van der Waals surface area contributed by atoms with E-state index in [2.05, 4.69) is 46.3 Å². The van der Waals surface area contributed by atoms with Crippen molar-refractivity contribution >= 4 is 35.6 Å². The van der Waals surface area contributed by atoms with Crippen LogP contribution >= 0.6 is 0 Å². The highest BCUT2D eigenvalue weighted by Gasteiger charge is 2.68. The maximum atomic E-state index is 12.4. The van der Waals surface area contributed by atoms with E-state index in [9.17, 15) is 49.2 Å². The molecular weight excluding hydrogens is 1050 g/mol. The summed E-state index contributed by atoms with van der Waals surface area (Å²) in [5.74, 6) is 6.72. The van der Waals surface area contributed by atoms with E-state index in [1.165, 1.54) is 0 Å². The van der Waals surface area contributed by atoms with E-state index in [-0.39, 0.29) is 132 Å². The lowest BCUT2D eigenvalue weighted by atomic mass is 9.43. The van der Waals surface area contributed by atoms with Crippen LogP contribution in [0.4, 0.5) is 0 Å². The molecule has 9 rings (SSSR count). The van der Waals surface area contributed by atoms with Gasteiger partial charge in [-0.2, -0.15) is 0 Å². The molecule has 8 aliphatic carbocycles. The predicted octanol–water partition coefficient (Wildman–Crippen LogP) is 9.62. The Bertz CT molecular complexity index is 2250. The minimum atomic E-state index is -0.980. The third-order valence-corrected chi connectivity index (χ3v) is 23.5. The number of fused-ring (bicyclic) bond motifs is 10. The van der Waals surface area contributed by atoms with Gasteiger partial charge in [0.05, 0.1) is 55.9 Å². The number of ether oxygens (including phenoxy) is 4. The molecule has 0 amide bonds. The zero-order valence-electron chi connectivity index (χ0n) is 52.0. The third kappa shape index (κ3) is 14.3. The van der Waals surface area contributed by atoms with Crippen LogP contribution in [0, 0.1) is 92.7 Å². The molecule has 1 aliphatic heterocycles. The van der Waals surface area contributed by atoms with Crippen molar-refractivity contribution < 1.29 is 78.1 Å². The number of ketones is 1. The van der Waals surface area contributed by atoms with Crippen LogP contribution in [0.2, 0.25) is 0 Å². The average molecular weight is 1160 g/mol. The van der Waals surface area contributed by atoms with Crippen molar-refractivity contribution in [2.24, 2.45) is 98.6 Å². The zero-order chi connectivity index (χ0) is 60.7. The molecule has 0 radical (unpaired) electrons. The van der Waals surface area contributed by atoms with Gasteiger partial charge < -0.3 is 49.3 Å². The molecule has 82 heavy (non-hydrogen) atoms. The SMILES string of the molecule is C[C@H](CCC(=O)OC(C)(C)C)[C@H]1CCC2[C@@H]3[C@H](O)C[C@@H]4C[C@@H](OCC(=O)CCC(=O)O)CC[C@]4(C)[C@H]3C[C@H](O)[C@@]21C.C[C@H](CCC(=O)OC(C)(C)C)[C@H]1CCC2[C@@H]3[C@H](O)C[C@@H]4C[C@@H](ON)CC[C@]4(C)[C@H]3C[C@H](O)[C@@]21C.O=C1CCC(=O)O1. The fourth-order valence-electron chi connectivity index (χ4n) is 19.3. The fourth-order valence-corrected chi connectivity index (χ4v) is 19.3. The number of esters is 4. The molecule has 7 N–H and O–H groups in total. The minimum Gasteiger partial charge on any atom is -0.481 e. The first-order valence-electron chi connectivity index (χ1n) is 31.8. The number of carbonyl (C=O) groups excluding carboxylic acids is 5. The Morgan fingerprint density at radius 2 is 1.00 bits per heavy atom. The monoisotopic (exact) mass is 1160 g/mol. The second-order valence-electron chi connectivity index (χ2n) is 30.4. The minimum absolute atomic E-state index is 0.000199. The summed E-state index contributed by atoms with van der Waals surface area (Å²) in [7, 11) is 0. The fraction of sp³-hybridized carbons (Fsp3) is 0.908. The Hall–Kier alpha value is -3.06. The number of nitrogens with two attached hydrogens (primary N) is 1. The van der Waals surface area contributed by atoms with Gasteiger partial charge in [0.1, 0.15) is 17.8 Å².